The second-order valence-corrected chi connectivity index (χ2v) is 6.67. The van der Waals surface area contributed by atoms with Gasteiger partial charge in [0.1, 0.15) is 0 Å². The molecule has 17 heavy (non-hydrogen) atoms. The molecule has 0 spiro atoms. The van der Waals surface area contributed by atoms with E-state index in [1.54, 1.807) is 11.8 Å². The summed E-state index contributed by atoms with van der Waals surface area (Å²) >= 11 is 1.64. The van der Waals surface area contributed by atoms with Crippen molar-refractivity contribution in [2.24, 2.45) is 0 Å². The quantitative estimate of drug-likeness (QED) is 0.684. The molecule has 1 rings (SSSR count). The third-order valence-electron chi connectivity index (χ3n) is 2.35. The Kier molecular flexibility index (Phi) is 5.53. The van der Waals surface area contributed by atoms with E-state index >= 15 is 0 Å². The number of amides is 1. The summed E-state index contributed by atoms with van der Waals surface area (Å²) in [6, 6.07) is 0.467. The van der Waals surface area contributed by atoms with Crippen LogP contribution >= 0.6 is 11.8 Å². The summed E-state index contributed by atoms with van der Waals surface area (Å²) in [6.45, 7) is 11.2. The van der Waals surface area contributed by atoms with E-state index in [4.69, 9.17) is 0 Å². The van der Waals surface area contributed by atoms with E-state index in [0.717, 1.165) is 30.7 Å². The van der Waals surface area contributed by atoms with E-state index in [-0.39, 0.29) is 11.4 Å². The Hall–Kier alpha value is -0.480. The highest BCUT2D eigenvalue weighted by Gasteiger charge is 2.22. The maximum absolute atomic E-state index is 11.4. The van der Waals surface area contributed by atoms with Crippen LogP contribution in [0.15, 0.2) is 12.2 Å². The highest BCUT2D eigenvalue weighted by atomic mass is 32.2. The van der Waals surface area contributed by atoms with Gasteiger partial charge in [-0.3, -0.25) is 4.79 Å². The molecule has 1 amide bonds. The van der Waals surface area contributed by atoms with E-state index < -0.39 is 0 Å². The van der Waals surface area contributed by atoms with Crippen LogP contribution in [0, 0.1) is 0 Å². The van der Waals surface area contributed by atoms with Gasteiger partial charge in [-0.15, -0.1) is 11.8 Å². The maximum Gasteiger partial charge on any atom is 0.230 e. The monoisotopic (exact) mass is 256 g/mol. The molecule has 3 nitrogen and oxygen atoms in total. The van der Waals surface area contributed by atoms with Crippen molar-refractivity contribution in [2.45, 2.75) is 45.2 Å². The van der Waals surface area contributed by atoms with Crippen LogP contribution in [0.3, 0.4) is 0 Å². The van der Waals surface area contributed by atoms with Crippen molar-refractivity contribution in [1.29, 1.82) is 0 Å². The third kappa shape index (κ3) is 8.27. The molecule has 0 heterocycles. The van der Waals surface area contributed by atoms with Gasteiger partial charge < -0.3 is 10.6 Å². The summed E-state index contributed by atoms with van der Waals surface area (Å²) in [5.74, 6) is 1.56. The van der Waals surface area contributed by atoms with Crippen molar-refractivity contribution < 1.29 is 4.79 Å². The Labute approximate surface area is 109 Å². The Morgan fingerprint density at radius 3 is 2.53 bits per heavy atom. The van der Waals surface area contributed by atoms with Gasteiger partial charge in [0.15, 0.2) is 0 Å². The van der Waals surface area contributed by atoms with Crippen LogP contribution in [0.1, 0.15) is 33.6 Å². The molecule has 98 valence electrons. The minimum absolute atomic E-state index is 0.122. The normalized spacial score (nSPS) is 15.7. The van der Waals surface area contributed by atoms with Gasteiger partial charge in [0.25, 0.3) is 0 Å². The second kappa shape index (κ2) is 6.45. The molecule has 0 aliphatic heterocycles. The maximum atomic E-state index is 11.4. The first-order valence-corrected chi connectivity index (χ1v) is 7.31. The fourth-order valence-corrected chi connectivity index (χ4v) is 1.99. The molecule has 1 saturated carbocycles. The van der Waals surface area contributed by atoms with Crippen molar-refractivity contribution in [1.82, 2.24) is 10.6 Å². The molecule has 1 aliphatic carbocycles. The number of hydrogen-bond acceptors (Lipinski definition) is 3. The summed E-state index contributed by atoms with van der Waals surface area (Å²) in [7, 11) is 0. The summed E-state index contributed by atoms with van der Waals surface area (Å²) in [4.78, 5) is 11.4. The standard InChI is InChI=1S/C13H24N2OS/c1-10(7-14-13(2,3)4)8-17-9-12(16)15-11-5-6-11/h11,14H,1,5-9H2,2-4H3,(H,15,16). The summed E-state index contributed by atoms with van der Waals surface area (Å²) in [6.07, 6.45) is 2.30. The number of carbonyl (C=O) groups excluding carboxylic acids is 1. The highest BCUT2D eigenvalue weighted by Crippen LogP contribution is 2.18. The molecule has 0 aromatic rings. The van der Waals surface area contributed by atoms with Crippen LogP contribution in [-0.2, 0) is 4.79 Å². The first kappa shape index (κ1) is 14.6. The summed E-state index contributed by atoms with van der Waals surface area (Å²) in [5, 5.41) is 6.37. The van der Waals surface area contributed by atoms with Crippen LogP contribution in [0.25, 0.3) is 0 Å². The molecule has 0 bridgehead atoms. The third-order valence-corrected chi connectivity index (χ3v) is 3.43. The van der Waals surface area contributed by atoms with Crippen molar-refractivity contribution in [3.05, 3.63) is 12.2 Å². The fraction of sp³-hybridized carbons (Fsp3) is 0.769. The first-order chi connectivity index (χ1) is 7.87. The van der Waals surface area contributed by atoms with Gasteiger partial charge in [0.2, 0.25) is 5.91 Å². The molecule has 1 aliphatic rings. The fourth-order valence-electron chi connectivity index (χ4n) is 1.23. The lowest BCUT2D eigenvalue weighted by Crippen LogP contribution is -2.37. The van der Waals surface area contributed by atoms with Crippen molar-refractivity contribution >= 4 is 17.7 Å². The van der Waals surface area contributed by atoms with Gasteiger partial charge in [-0.1, -0.05) is 12.2 Å². The Balaban J connectivity index is 2.01. The molecule has 0 unspecified atom stereocenters. The zero-order valence-electron chi connectivity index (χ0n) is 11.1. The molecule has 0 saturated heterocycles. The molecule has 0 radical (unpaired) electrons. The zero-order valence-corrected chi connectivity index (χ0v) is 12.0. The number of rotatable bonds is 7. The van der Waals surface area contributed by atoms with Gasteiger partial charge in [-0.2, -0.15) is 0 Å². The van der Waals surface area contributed by atoms with E-state index in [9.17, 15) is 4.79 Å². The van der Waals surface area contributed by atoms with Crippen LogP contribution in [-0.4, -0.2) is 35.5 Å². The van der Waals surface area contributed by atoms with Crippen molar-refractivity contribution in [3.8, 4) is 0 Å². The van der Waals surface area contributed by atoms with E-state index in [2.05, 4.69) is 38.0 Å². The number of carbonyl (C=O) groups is 1. The predicted octanol–water partition coefficient (Wildman–Crippen LogP) is 1.94. The smallest absolute Gasteiger partial charge is 0.230 e. The van der Waals surface area contributed by atoms with E-state index in [1.165, 1.54) is 0 Å². The predicted molar refractivity (Wildman–Crippen MR) is 75.4 cm³/mol. The van der Waals surface area contributed by atoms with Gasteiger partial charge >= 0.3 is 0 Å². The molecule has 0 aromatic heterocycles. The Bertz CT molecular complexity index is 280. The lowest BCUT2D eigenvalue weighted by molar-refractivity contribution is -0.118. The molecule has 4 heteroatoms. The molecule has 0 aromatic carbocycles. The van der Waals surface area contributed by atoms with Crippen LogP contribution in [0.2, 0.25) is 0 Å². The van der Waals surface area contributed by atoms with Crippen LogP contribution in [0.5, 0.6) is 0 Å². The SMILES string of the molecule is C=C(CNC(C)(C)C)CSCC(=O)NC1CC1. The van der Waals surface area contributed by atoms with E-state index in [1.807, 2.05) is 0 Å². The minimum Gasteiger partial charge on any atom is -0.353 e. The van der Waals surface area contributed by atoms with Gasteiger partial charge in [0.05, 0.1) is 5.75 Å². The Morgan fingerprint density at radius 2 is 2.00 bits per heavy atom. The topological polar surface area (TPSA) is 41.1 Å². The van der Waals surface area contributed by atoms with Crippen molar-refractivity contribution in [3.63, 3.8) is 0 Å². The Morgan fingerprint density at radius 1 is 1.35 bits per heavy atom. The molecular weight excluding hydrogens is 232 g/mol. The zero-order chi connectivity index (χ0) is 12.9. The highest BCUT2D eigenvalue weighted by molar-refractivity contribution is 8.00. The van der Waals surface area contributed by atoms with Crippen molar-refractivity contribution in [2.75, 3.05) is 18.1 Å². The largest absolute Gasteiger partial charge is 0.353 e. The molecule has 0 atom stereocenters. The lowest BCUT2D eigenvalue weighted by atomic mass is 10.1. The minimum atomic E-state index is 0.122. The average Bonchev–Trinajstić information content (AvgIpc) is 2.97. The van der Waals surface area contributed by atoms with Crippen LogP contribution in [0.4, 0.5) is 0 Å². The van der Waals surface area contributed by atoms with Gasteiger partial charge in [0, 0.05) is 23.9 Å². The number of thioether (sulfide) groups is 1. The molecule has 1 fully saturated rings. The van der Waals surface area contributed by atoms with Gasteiger partial charge in [-0.25, -0.2) is 0 Å². The first-order valence-electron chi connectivity index (χ1n) is 6.15. The lowest BCUT2D eigenvalue weighted by Gasteiger charge is -2.21. The molecule has 2 N–H and O–H groups in total. The van der Waals surface area contributed by atoms with E-state index in [0.29, 0.717) is 11.8 Å². The number of hydrogen-bond donors (Lipinski definition) is 2. The summed E-state index contributed by atoms with van der Waals surface area (Å²) < 4.78 is 0. The van der Waals surface area contributed by atoms with Crippen LogP contribution < -0.4 is 10.6 Å². The van der Waals surface area contributed by atoms with Gasteiger partial charge in [-0.05, 0) is 33.6 Å². The number of nitrogens with one attached hydrogen (secondary N) is 2. The summed E-state index contributed by atoms with van der Waals surface area (Å²) in [5.41, 5.74) is 1.26. The average molecular weight is 256 g/mol. The molecular formula is C13H24N2OS. The second-order valence-electron chi connectivity index (χ2n) is 5.69.